The Hall–Kier alpha value is -2.86. The van der Waals surface area contributed by atoms with Crippen LogP contribution in [-0.4, -0.2) is 18.0 Å². The van der Waals surface area contributed by atoms with Gasteiger partial charge in [-0.25, -0.2) is 4.98 Å². The van der Waals surface area contributed by atoms with Crippen LogP contribution in [0, 0.1) is 0 Å². The van der Waals surface area contributed by atoms with E-state index >= 15 is 0 Å². The van der Waals surface area contributed by atoms with Gasteiger partial charge in [-0.2, -0.15) is 0 Å². The van der Waals surface area contributed by atoms with E-state index in [0.717, 1.165) is 10.6 Å². The van der Waals surface area contributed by atoms with Crippen molar-refractivity contribution in [1.82, 2.24) is 4.98 Å². The minimum atomic E-state index is -0.214. The van der Waals surface area contributed by atoms with Gasteiger partial charge >= 0.3 is 0 Å². The molecular weight excluding hydrogens is 310 g/mol. The molecule has 0 unspecified atom stereocenters. The molecule has 1 amide bonds. The van der Waals surface area contributed by atoms with Crippen LogP contribution in [0.1, 0.15) is 9.67 Å². The quantitative estimate of drug-likeness (QED) is 0.718. The maximum absolute atomic E-state index is 12.3. The predicted molar refractivity (Wildman–Crippen MR) is 92.9 cm³/mol. The highest BCUT2D eigenvalue weighted by atomic mass is 32.1. The molecule has 23 heavy (non-hydrogen) atoms. The van der Waals surface area contributed by atoms with Crippen LogP contribution in [0.15, 0.2) is 54.7 Å². The lowest BCUT2D eigenvalue weighted by molar-refractivity contribution is 0.103. The van der Waals surface area contributed by atoms with Gasteiger partial charge in [-0.3, -0.25) is 4.79 Å². The Morgan fingerprint density at radius 2 is 2.00 bits per heavy atom. The maximum atomic E-state index is 12.3. The van der Waals surface area contributed by atoms with E-state index in [0.29, 0.717) is 22.0 Å². The zero-order chi connectivity index (χ0) is 16.2. The highest BCUT2D eigenvalue weighted by Crippen LogP contribution is 2.27. The fourth-order valence-corrected chi connectivity index (χ4v) is 2.91. The number of benzene rings is 2. The van der Waals surface area contributed by atoms with Crippen molar-refractivity contribution in [3.05, 3.63) is 59.6 Å². The lowest BCUT2D eigenvalue weighted by Gasteiger charge is -2.07. The monoisotopic (exact) mass is 325 g/mol. The Kier molecular flexibility index (Phi) is 4.25. The maximum Gasteiger partial charge on any atom is 0.267 e. The molecule has 2 aromatic carbocycles. The van der Waals surface area contributed by atoms with Gasteiger partial charge in [0.25, 0.3) is 5.91 Å². The Morgan fingerprint density at radius 1 is 1.22 bits per heavy atom. The number of hydrogen-bond acceptors (Lipinski definition) is 5. The fourth-order valence-electron chi connectivity index (χ4n) is 2.10. The first-order valence-electron chi connectivity index (χ1n) is 6.93. The first kappa shape index (κ1) is 15.1. The van der Waals surface area contributed by atoms with Crippen molar-refractivity contribution in [3.63, 3.8) is 0 Å². The number of carbonyl (C=O) groups is 1. The zero-order valence-electron chi connectivity index (χ0n) is 12.4. The SMILES string of the molecule is COc1ccc(NC(=O)c2cnc(-c3ccccc3)s2)cc1N. The molecule has 1 aromatic heterocycles. The summed E-state index contributed by atoms with van der Waals surface area (Å²) in [5.41, 5.74) is 7.92. The number of aromatic nitrogens is 1. The molecule has 116 valence electrons. The second kappa shape index (κ2) is 6.50. The highest BCUT2D eigenvalue weighted by molar-refractivity contribution is 7.17. The summed E-state index contributed by atoms with van der Waals surface area (Å²) in [6.07, 6.45) is 1.58. The Labute approximate surface area is 137 Å². The summed E-state index contributed by atoms with van der Waals surface area (Å²) in [5, 5.41) is 3.62. The van der Waals surface area contributed by atoms with Gasteiger partial charge in [0.2, 0.25) is 0 Å². The number of nitrogen functional groups attached to an aromatic ring is 1. The van der Waals surface area contributed by atoms with Crippen molar-refractivity contribution in [1.29, 1.82) is 0 Å². The van der Waals surface area contributed by atoms with Crippen LogP contribution in [0.25, 0.3) is 10.6 Å². The molecular formula is C17H15N3O2S. The first-order valence-corrected chi connectivity index (χ1v) is 7.75. The third-order valence-electron chi connectivity index (χ3n) is 3.24. The fraction of sp³-hybridized carbons (Fsp3) is 0.0588. The average Bonchev–Trinajstić information content (AvgIpc) is 3.06. The van der Waals surface area contributed by atoms with Crippen molar-refractivity contribution in [2.24, 2.45) is 0 Å². The standard InChI is InChI=1S/C17H15N3O2S/c1-22-14-8-7-12(9-13(14)18)20-16(21)15-10-19-17(23-15)11-5-3-2-4-6-11/h2-10H,18H2,1H3,(H,20,21). The molecule has 0 fully saturated rings. The summed E-state index contributed by atoms with van der Waals surface area (Å²) < 4.78 is 5.10. The molecule has 3 N–H and O–H groups in total. The minimum Gasteiger partial charge on any atom is -0.495 e. The van der Waals surface area contributed by atoms with E-state index in [1.54, 1.807) is 31.5 Å². The van der Waals surface area contributed by atoms with Crippen molar-refractivity contribution >= 4 is 28.6 Å². The van der Waals surface area contributed by atoms with E-state index in [4.69, 9.17) is 10.5 Å². The number of thiazole rings is 1. The van der Waals surface area contributed by atoms with Crippen LogP contribution in [-0.2, 0) is 0 Å². The van der Waals surface area contributed by atoms with Crippen molar-refractivity contribution in [3.8, 4) is 16.3 Å². The van der Waals surface area contributed by atoms with E-state index in [-0.39, 0.29) is 5.91 Å². The van der Waals surface area contributed by atoms with Crippen molar-refractivity contribution < 1.29 is 9.53 Å². The smallest absolute Gasteiger partial charge is 0.267 e. The molecule has 0 atom stereocenters. The second-order valence-electron chi connectivity index (χ2n) is 4.81. The van der Waals surface area contributed by atoms with Gasteiger partial charge in [0.15, 0.2) is 0 Å². The number of ether oxygens (including phenoxy) is 1. The van der Waals surface area contributed by atoms with Gasteiger partial charge in [-0.05, 0) is 18.2 Å². The van der Waals surface area contributed by atoms with Crippen LogP contribution in [0.5, 0.6) is 5.75 Å². The van der Waals surface area contributed by atoms with Gasteiger partial charge < -0.3 is 15.8 Å². The van der Waals surface area contributed by atoms with E-state index in [1.165, 1.54) is 11.3 Å². The van der Waals surface area contributed by atoms with E-state index in [1.807, 2.05) is 30.3 Å². The number of carbonyl (C=O) groups excluding carboxylic acids is 1. The van der Waals surface area contributed by atoms with Crippen LogP contribution in [0.2, 0.25) is 0 Å². The number of nitrogens with zero attached hydrogens (tertiary/aromatic N) is 1. The molecule has 6 heteroatoms. The van der Waals surface area contributed by atoms with Crippen LogP contribution in [0.3, 0.4) is 0 Å². The second-order valence-corrected chi connectivity index (χ2v) is 5.84. The molecule has 5 nitrogen and oxygen atoms in total. The topological polar surface area (TPSA) is 77.2 Å². The molecule has 0 saturated carbocycles. The summed E-state index contributed by atoms with van der Waals surface area (Å²) >= 11 is 1.35. The van der Waals surface area contributed by atoms with Gasteiger partial charge in [0.05, 0.1) is 19.0 Å². The Balaban J connectivity index is 1.76. The molecule has 1 heterocycles. The normalized spacial score (nSPS) is 10.3. The molecule has 0 aliphatic rings. The third-order valence-corrected chi connectivity index (χ3v) is 4.28. The summed E-state index contributed by atoms with van der Waals surface area (Å²) in [6, 6.07) is 14.9. The largest absolute Gasteiger partial charge is 0.495 e. The summed E-state index contributed by atoms with van der Waals surface area (Å²) in [4.78, 5) is 17.2. The Bertz CT molecular complexity index is 831. The first-order chi connectivity index (χ1) is 11.2. The lowest BCUT2D eigenvalue weighted by Crippen LogP contribution is -2.10. The molecule has 0 aliphatic heterocycles. The minimum absolute atomic E-state index is 0.214. The molecule has 0 radical (unpaired) electrons. The van der Waals surface area contributed by atoms with Gasteiger partial charge in [-0.15, -0.1) is 11.3 Å². The summed E-state index contributed by atoms with van der Waals surface area (Å²) in [5.74, 6) is 0.362. The van der Waals surface area contributed by atoms with Gasteiger partial charge in [0.1, 0.15) is 15.6 Å². The predicted octanol–water partition coefficient (Wildman–Crippen LogP) is 3.65. The number of nitrogens with two attached hydrogens (primary N) is 1. The number of anilines is 2. The number of nitrogens with one attached hydrogen (secondary N) is 1. The van der Waals surface area contributed by atoms with Crippen LogP contribution < -0.4 is 15.8 Å². The van der Waals surface area contributed by atoms with Crippen LogP contribution in [0.4, 0.5) is 11.4 Å². The number of amides is 1. The van der Waals surface area contributed by atoms with Crippen molar-refractivity contribution in [2.75, 3.05) is 18.2 Å². The third kappa shape index (κ3) is 3.32. The van der Waals surface area contributed by atoms with E-state index in [9.17, 15) is 4.79 Å². The van der Waals surface area contributed by atoms with Crippen LogP contribution >= 0.6 is 11.3 Å². The average molecular weight is 325 g/mol. The summed E-state index contributed by atoms with van der Waals surface area (Å²) in [7, 11) is 1.55. The molecule has 3 aromatic rings. The number of hydrogen-bond donors (Lipinski definition) is 2. The number of methoxy groups -OCH3 is 1. The summed E-state index contributed by atoms with van der Waals surface area (Å²) in [6.45, 7) is 0. The molecule has 0 spiro atoms. The lowest BCUT2D eigenvalue weighted by atomic mass is 10.2. The van der Waals surface area contributed by atoms with Crippen molar-refractivity contribution in [2.45, 2.75) is 0 Å². The molecule has 3 rings (SSSR count). The van der Waals surface area contributed by atoms with E-state index in [2.05, 4.69) is 10.3 Å². The molecule has 0 aliphatic carbocycles. The zero-order valence-corrected chi connectivity index (χ0v) is 13.3. The Morgan fingerprint density at radius 3 is 2.70 bits per heavy atom. The van der Waals surface area contributed by atoms with E-state index < -0.39 is 0 Å². The molecule has 0 saturated heterocycles. The molecule has 0 bridgehead atoms. The highest BCUT2D eigenvalue weighted by Gasteiger charge is 2.12. The number of rotatable bonds is 4. The van der Waals surface area contributed by atoms with Gasteiger partial charge in [-0.1, -0.05) is 30.3 Å². The van der Waals surface area contributed by atoms with Gasteiger partial charge in [0, 0.05) is 11.3 Å².